The molecule has 0 saturated carbocycles. The maximum absolute atomic E-state index is 5.95. The van der Waals surface area contributed by atoms with Gasteiger partial charge in [-0.25, -0.2) is 9.97 Å². The lowest BCUT2D eigenvalue weighted by Crippen LogP contribution is -2.46. The summed E-state index contributed by atoms with van der Waals surface area (Å²) in [4.78, 5) is 13.4. The van der Waals surface area contributed by atoms with E-state index in [-0.39, 0.29) is 0 Å². The van der Waals surface area contributed by atoms with E-state index in [1.807, 2.05) is 30.3 Å². The number of anilines is 1. The zero-order valence-electron chi connectivity index (χ0n) is 15.4. The Morgan fingerprint density at radius 3 is 2.30 bits per heavy atom. The van der Waals surface area contributed by atoms with E-state index in [0.29, 0.717) is 6.61 Å². The number of rotatable bonds is 6. The van der Waals surface area contributed by atoms with Crippen LogP contribution in [-0.2, 0) is 13.2 Å². The third-order valence-corrected chi connectivity index (χ3v) is 4.76. The van der Waals surface area contributed by atoms with Gasteiger partial charge in [-0.15, -0.1) is 0 Å². The first-order chi connectivity index (χ1) is 13.4. The van der Waals surface area contributed by atoms with Crippen molar-refractivity contribution in [1.29, 1.82) is 0 Å². The summed E-state index contributed by atoms with van der Waals surface area (Å²) in [6.45, 7) is 5.45. The number of nitrogens with zero attached hydrogens (tertiary/aromatic N) is 4. The smallest absolute Gasteiger partial charge is 0.225 e. The Labute approximate surface area is 160 Å². The van der Waals surface area contributed by atoms with Crippen molar-refractivity contribution in [2.75, 3.05) is 31.1 Å². The zero-order chi connectivity index (χ0) is 18.3. The maximum Gasteiger partial charge on any atom is 0.225 e. The second-order valence-electron chi connectivity index (χ2n) is 6.73. The lowest BCUT2D eigenvalue weighted by atomic mass is 10.2. The minimum atomic E-state index is 0.597. The van der Waals surface area contributed by atoms with E-state index in [9.17, 15) is 0 Å². The molecular formula is C22H24N4O. The summed E-state index contributed by atoms with van der Waals surface area (Å²) in [5.41, 5.74) is 2.46. The van der Waals surface area contributed by atoms with Crippen LogP contribution in [0.25, 0.3) is 0 Å². The molecule has 0 amide bonds. The van der Waals surface area contributed by atoms with Gasteiger partial charge in [-0.2, -0.15) is 0 Å². The average Bonchev–Trinajstić information content (AvgIpc) is 2.75. The molecule has 3 aromatic rings. The molecule has 0 radical (unpaired) electrons. The van der Waals surface area contributed by atoms with Gasteiger partial charge in [0, 0.05) is 45.1 Å². The summed E-state index contributed by atoms with van der Waals surface area (Å²) >= 11 is 0. The van der Waals surface area contributed by atoms with Crippen LogP contribution in [0.2, 0.25) is 0 Å². The van der Waals surface area contributed by atoms with Crippen molar-refractivity contribution >= 4 is 5.95 Å². The molecule has 2 aromatic carbocycles. The minimum absolute atomic E-state index is 0.597. The molecule has 138 valence electrons. The molecule has 0 spiro atoms. The molecule has 1 aliphatic heterocycles. The summed E-state index contributed by atoms with van der Waals surface area (Å²) in [6.07, 6.45) is 3.60. The fraction of sp³-hybridized carbons (Fsp3) is 0.273. The molecule has 0 unspecified atom stereocenters. The highest BCUT2D eigenvalue weighted by atomic mass is 16.5. The summed E-state index contributed by atoms with van der Waals surface area (Å²) in [6, 6.07) is 20.5. The average molecular weight is 360 g/mol. The molecule has 5 heteroatoms. The van der Waals surface area contributed by atoms with Crippen LogP contribution in [0.1, 0.15) is 11.1 Å². The Kier molecular flexibility index (Phi) is 5.60. The second kappa shape index (κ2) is 8.64. The molecule has 0 aliphatic carbocycles. The fourth-order valence-corrected chi connectivity index (χ4v) is 3.29. The molecule has 0 N–H and O–H groups in total. The highest BCUT2D eigenvalue weighted by molar-refractivity contribution is 5.31. The molecule has 0 atom stereocenters. The van der Waals surface area contributed by atoms with Crippen LogP contribution in [0.4, 0.5) is 5.95 Å². The van der Waals surface area contributed by atoms with Crippen molar-refractivity contribution in [2.24, 2.45) is 0 Å². The van der Waals surface area contributed by atoms with E-state index in [4.69, 9.17) is 4.74 Å². The van der Waals surface area contributed by atoms with Crippen molar-refractivity contribution in [3.05, 3.63) is 84.2 Å². The van der Waals surface area contributed by atoms with Gasteiger partial charge in [0.05, 0.1) is 0 Å². The number of hydrogen-bond donors (Lipinski definition) is 0. The van der Waals surface area contributed by atoms with Gasteiger partial charge in [0.25, 0.3) is 0 Å². The van der Waals surface area contributed by atoms with Crippen LogP contribution in [0.15, 0.2) is 73.1 Å². The molecule has 5 nitrogen and oxygen atoms in total. The normalized spacial score (nSPS) is 14.9. The standard InChI is InChI=1S/C22H24N4O/c1-2-6-19(7-3-1)18-27-21-9-4-8-20(16-21)17-25-12-14-26(15-13-25)22-23-10-5-11-24-22/h1-11,16H,12-15,17-18H2. The van der Waals surface area contributed by atoms with Crippen molar-refractivity contribution in [3.63, 3.8) is 0 Å². The Balaban J connectivity index is 1.30. The van der Waals surface area contributed by atoms with E-state index in [1.165, 1.54) is 11.1 Å². The Morgan fingerprint density at radius 1 is 0.778 bits per heavy atom. The second-order valence-corrected chi connectivity index (χ2v) is 6.73. The van der Waals surface area contributed by atoms with Crippen LogP contribution in [0.3, 0.4) is 0 Å². The van der Waals surface area contributed by atoms with E-state index in [0.717, 1.165) is 44.4 Å². The Bertz CT molecular complexity index is 833. The molecule has 27 heavy (non-hydrogen) atoms. The van der Waals surface area contributed by atoms with Crippen LogP contribution >= 0.6 is 0 Å². The predicted octanol–water partition coefficient (Wildman–Crippen LogP) is 3.38. The highest BCUT2D eigenvalue weighted by Gasteiger charge is 2.18. The van der Waals surface area contributed by atoms with Gasteiger partial charge in [0.1, 0.15) is 12.4 Å². The van der Waals surface area contributed by atoms with Gasteiger partial charge < -0.3 is 9.64 Å². The molecular weight excluding hydrogens is 336 g/mol. The lowest BCUT2D eigenvalue weighted by molar-refractivity contribution is 0.247. The number of ether oxygens (including phenoxy) is 1. The first kappa shape index (κ1) is 17.5. The zero-order valence-corrected chi connectivity index (χ0v) is 15.4. The van der Waals surface area contributed by atoms with E-state index >= 15 is 0 Å². The Hall–Kier alpha value is -2.92. The first-order valence-corrected chi connectivity index (χ1v) is 9.37. The van der Waals surface area contributed by atoms with Gasteiger partial charge in [-0.1, -0.05) is 42.5 Å². The molecule has 1 aromatic heterocycles. The monoisotopic (exact) mass is 360 g/mol. The van der Waals surface area contributed by atoms with Gasteiger partial charge in [-0.3, -0.25) is 4.90 Å². The third-order valence-electron chi connectivity index (χ3n) is 4.76. The van der Waals surface area contributed by atoms with Crippen molar-refractivity contribution < 1.29 is 4.74 Å². The van der Waals surface area contributed by atoms with E-state index in [2.05, 4.69) is 50.1 Å². The highest BCUT2D eigenvalue weighted by Crippen LogP contribution is 2.18. The first-order valence-electron chi connectivity index (χ1n) is 9.37. The SMILES string of the molecule is c1ccc(COc2cccc(CN3CCN(c4ncccn4)CC3)c2)cc1. The number of benzene rings is 2. The number of hydrogen-bond acceptors (Lipinski definition) is 5. The lowest BCUT2D eigenvalue weighted by Gasteiger charge is -2.34. The van der Waals surface area contributed by atoms with Crippen LogP contribution in [0.5, 0.6) is 5.75 Å². The number of aromatic nitrogens is 2. The van der Waals surface area contributed by atoms with Gasteiger partial charge in [0.15, 0.2) is 0 Å². The quantitative estimate of drug-likeness (QED) is 0.674. The van der Waals surface area contributed by atoms with Crippen LogP contribution in [-0.4, -0.2) is 41.0 Å². The minimum Gasteiger partial charge on any atom is -0.489 e. The Morgan fingerprint density at radius 2 is 1.52 bits per heavy atom. The summed E-state index contributed by atoms with van der Waals surface area (Å²) in [5, 5.41) is 0. The third kappa shape index (κ3) is 4.83. The van der Waals surface area contributed by atoms with Crippen molar-refractivity contribution in [3.8, 4) is 5.75 Å². The van der Waals surface area contributed by atoms with E-state index in [1.54, 1.807) is 12.4 Å². The van der Waals surface area contributed by atoms with Crippen molar-refractivity contribution in [1.82, 2.24) is 14.9 Å². The molecule has 4 rings (SSSR count). The summed E-state index contributed by atoms with van der Waals surface area (Å²) in [7, 11) is 0. The van der Waals surface area contributed by atoms with Crippen LogP contribution < -0.4 is 9.64 Å². The molecule has 2 heterocycles. The molecule has 0 bridgehead atoms. The maximum atomic E-state index is 5.95. The topological polar surface area (TPSA) is 41.5 Å². The van der Waals surface area contributed by atoms with Crippen molar-refractivity contribution in [2.45, 2.75) is 13.2 Å². The molecule has 1 fully saturated rings. The fourth-order valence-electron chi connectivity index (χ4n) is 3.29. The van der Waals surface area contributed by atoms with Gasteiger partial charge in [-0.05, 0) is 29.3 Å². The predicted molar refractivity (Wildman–Crippen MR) is 107 cm³/mol. The summed E-state index contributed by atoms with van der Waals surface area (Å²) in [5.74, 6) is 1.75. The molecule has 1 saturated heterocycles. The van der Waals surface area contributed by atoms with Crippen LogP contribution in [0, 0.1) is 0 Å². The summed E-state index contributed by atoms with van der Waals surface area (Å²) < 4.78 is 5.95. The van der Waals surface area contributed by atoms with E-state index < -0.39 is 0 Å². The van der Waals surface area contributed by atoms with Gasteiger partial charge in [0.2, 0.25) is 5.95 Å². The largest absolute Gasteiger partial charge is 0.489 e. The number of piperazine rings is 1. The molecule has 1 aliphatic rings. The van der Waals surface area contributed by atoms with Gasteiger partial charge >= 0.3 is 0 Å².